The van der Waals surface area contributed by atoms with Crippen LogP contribution in [-0.4, -0.2) is 31.8 Å². The maximum absolute atomic E-state index is 12.3. The third-order valence-electron chi connectivity index (χ3n) is 3.85. The van der Waals surface area contributed by atoms with Crippen LogP contribution < -0.4 is 5.43 Å². The maximum atomic E-state index is 12.3. The van der Waals surface area contributed by atoms with Crippen LogP contribution in [0.2, 0.25) is 0 Å². The minimum atomic E-state index is -2.69. The van der Waals surface area contributed by atoms with E-state index >= 15 is 0 Å². The van der Waals surface area contributed by atoms with E-state index in [1.165, 1.54) is 24.3 Å². The molecule has 1 aliphatic rings. The molecule has 0 saturated carbocycles. The lowest BCUT2D eigenvalue weighted by Crippen LogP contribution is -2.42. The molecule has 124 valence electrons. The van der Waals surface area contributed by atoms with Crippen LogP contribution >= 0.6 is 0 Å². The molecule has 0 bridgehead atoms. The number of benzene rings is 2. The smallest absolute Gasteiger partial charge is 0.299 e. The first-order valence-electron chi connectivity index (χ1n) is 7.21. The molecule has 1 unspecified atom stereocenters. The highest BCUT2D eigenvalue weighted by molar-refractivity contribution is 5.86. The molecule has 3 N–H and O–H groups in total. The van der Waals surface area contributed by atoms with E-state index in [9.17, 15) is 25.1 Å². The van der Waals surface area contributed by atoms with Crippen LogP contribution in [0, 0.1) is 10.1 Å². The quantitative estimate of drug-likeness (QED) is 0.435. The molecule has 0 aromatic heterocycles. The molecule has 1 fully saturated rings. The van der Waals surface area contributed by atoms with E-state index in [2.05, 4.69) is 5.43 Å². The Labute approximate surface area is 137 Å². The molecule has 2 aromatic rings. The van der Waals surface area contributed by atoms with Crippen LogP contribution in [0.3, 0.4) is 0 Å². The third-order valence-corrected chi connectivity index (χ3v) is 3.85. The Hall–Kier alpha value is -2.81. The lowest BCUT2D eigenvalue weighted by atomic mass is 9.99. The minimum Gasteiger partial charge on any atom is -0.357 e. The molecular formula is C16H15N3O5. The predicted octanol–water partition coefficient (Wildman–Crippen LogP) is 0.864. The van der Waals surface area contributed by atoms with Crippen LogP contribution in [0.15, 0.2) is 54.6 Å². The number of hydrogen-bond donors (Lipinski definition) is 3. The molecule has 8 heteroatoms. The van der Waals surface area contributed by atoms with Gasteiger partial charge in [0.25, 0.3) is 17.4 Å². The second kappa shape index (κ2) is 6.00. The Kier molecular flexibility index (Phi) is 4.02. The number of carbonyl (C=O) groups is 1. The lowest BCUT2D eigenvalue weighted by molar-refractivity contribution is -0.385. The second-order valence-corrected chi connectivity index (χ2v) is 5.52. The summed E-state index contributed by atoms with van der Waals surface area (Å²) in [4.78, 5) is 22.6. The highest BCUT2D eigenvalue weighted by atomic mass is 16.6. The summed E-state index contributed by atoms with van der Waals surface area (Å²) in [5, 5.41) is 32.4. The molecule has 1 saturated heterocycles. The van der Waals surface area contributed by atoms with Crippen molar-refractivity contribution in [2.75, 3.05) is 0 Å². The van der Waals surface area contributed by atoms with Crippen molar-refractivity contribution in [2.24, 2.45) is 0 Å². The largest absolute Gasteiger partial charge is 0.357 e. The van der Waals surface area contributed by atoms with E-state index in [4.69, 9.17) is 0 Å². The highest BCUT2D eigenvalue weighted by Gasteiger charge is 2.53. The summed E-state index contributed by atoms with van der Waals surface area (Å²) in [7, 11) is 0. The molecule has 1 aliphatic heterocycles. The Balaban J connectivity index is 1.88. The van der Waals surface area contributed by atoms with Gasteiger partial charge in [-0.1, -0.05) is 42.5 Å². The summed E-state index contributed by atoms with van der Waals surface area (Å²) in [5.41, 5.74) is 3.56. The van der Waals surface area contributed by atoms with Crippen molar-refractivity contribution in [1.82, 2.24) is 10.4 Å². The van der Waals surface area contributed by atoms with Crippen molar-refractivity contribution < 1.29 is 19.9 Å². The Bertz CT molecular complexity index is 778. The molecule has 0 spiro atoms. The van der Waals surface area contributed by atoms with E-state index < -0.39 is 22.7 Å². The van der Waals surface area contributed by atoms with E-state index in [0.29, 0.717) is 0 Å². The van der Waals surface area contributed by atoms with Crippen LogP contribution in [0.1, 0.15) is 17.2 Å². The maximum Gasteiger partial charge on any atom is 0.299 e. The van der Waals surface area contributed by atoms with Gasteiger partial charge in [0.2, 0.25) is 0 Å². The normalized spacial score (nSPS) is 19.5. The Morgan fingerprint density at radius 1 is 1.17 bits per heavy atom. The standard InChI is InChI=1S/C16H15N3O5/c20-15-16(21,22)14(12-7-4-8-13(9-12)19(23)24)17-18(15)10-11-5-2-1-3-6-11/h1-9,14,17,21-22H,10H2. The van der Waals surface area contributed by atoms with Crippen molar-refractivity contribution in [3.63, 3.8) is 0 Å². The summed E-state index contributed by atoms with van der Waals surface area (Å²) < 4.78 is 0. The van der Waals surface area contributed by atoms with Crippen molar-refractivity contribution in [1.29, 1.82) is 0 Å². The number of nitro benzene ring substituents is 1. The fourth-order valence-electron chi connectivity index (χ4n) is 2.63. The number of hydrogen-bond acceptors (Lipinski definition) is 6. The first-order chi connectivity index (χ1) is 11.4. The van der Waals surface area contributed by atoms with Crippen molar-refractivity contribution in [3.05, 3.63) is 75.8 Å². The second-order valence-electron chi connectivity index (χ2n) is 5.52. The van der Waals surface area contributed by atoms with E-state index in [0.717, 1.165) is 10.6 Å². The zero-order valence-corrected chi connectivity index (χ0v) is 12.5. The number of carbonyl (C=O) groups excluding carboxylic acids is 1. The van der Waals surface area contributed by atoms with E-state index in [1.54, 1.807) is 24.3 Å². The zero-order chi connectivity index (χ0) is 17.3. The molecule has 0 radical (unpaired) electrons. The molecule has 3 rings (SSSR count). The van der Waals surface area contributed by atoms with Gasteiger partial charge in [-0.15, -0.1) is 0 Å². The van der Waals surface area contributed by atoms with Gasteiger partial charge in [0.1, 0.15) is 6.04 Å². The Morgan fingerprint density at radius 3 is 2.54 bits per heavy atom. The average molecular weight is 329 g/mol. The summed E-state index contributed by atoms with van der Waals surface area (Å²) in [6.45, 7) is 0.133. The topological polar surface area (TPSA) is 116 Å². The summed E-state index contributed by atoms with van der Waals surface area (Å²) in [6.07, 6.45) is 0. The van der Waals surface area contributed by atoms with Gasteiger partial charge in [-0.25, -0.2) is 5.43 Å². The number of amides is 1. The van der Waals surface area contributed by atoms with Gasteiger partial charge in [-0.2, -0.15) is 0 Å². The van der Waals surface area contributed by atoms with Crippen molar-refractivity contribution >= 4 is 11.6 Å². The fraction of sp³-hybridized carbons (Fsp3) is 0.188. The molecule has 1 amide bonds. The highest BCUT2D eigenvalue weighted by Crippen LogP contribution is 2.33. The number of nitro groups is 1. The van der Waals surface area contributed by atoms with Crippen LogP contribution in [0.4, 0.5) is 5.69 Å². The molecular weight excluding hydrogens is 314 g/mol. The first kappa shape index (κ1) is 16.1. The lowest BCUT2D eigenvalue weighted by Gasteiger charge is -2.19. The number of non-ortho nitro benzene ring substituents is 1. The number of nitrogens with zero attached hydrogens (tertiary/aromatic N) is 2. The SMILES string of the molecule is O=C1N(Cc2ccccc2)NC(c2cccc([N+](=O)[O-])c2)C1(O)O. The van der Waals surface area contributed by atoms with Gasteiger partial charge in [-0.3, -0.25) is 19.9 Å². The first-order valence-corrected chi connectivity index (χ1v) is 7.21. The Morgan fingerprint density at radius 2 is 1.88 bits per heavy atom. The van der Waals surface area contributed by atoms with E-state index in [1.807, 2.05) is 6.07 Å². The van der Waals surface area contributed by atoms with Crippen molar-refractivity contribution in [3.8, 4) is 0 Å². The summed E-state index contributed by atoms with van der Waals surface area (Å²) in [6, 6.07) is 13.2. The molecule has 0 aliphatic carbocycles. The summed E-state index contributed by atoms with van der Waals surface area (Å²) >= 11 is 0. The molecule has 1 heterocycles. The molecule has 8 nitrogen and oxygen atoms in total. The van der Waals surface area contributed by atoms with Gasteiger partial charge in [0, 0.05) is 12.1 Å². The van der Waals surface area contributed by atoms with Gasteiger partial charge in [-0.05, 0) is 11.1 Å². The molecule has 1 atom stereocenters. The minimum absolute atomic E-state index is 0.133. The zero-order valence-electron chi connectivity index (χ0n) is 12.5. The predicted molar refractivity (Wildman–Crippen MR) is 83.1 cm³/mol. The van der Waals surface area contributed by atoms with Crippen LogP contribution in [0.25, 0.3) is 0 Å². The van der Waals surface area contributed by atoms with Crippen molar-refractivity contribution in [2.45, 2.75) is 18.4 Å². The van der Waals surface area contributed by atoms with Gasteiger partial charge < -0.3 is 10.2 Å². The monoisotopic (exact) mass is 329 g/mol. The number of rotatable bonds is 4. The van der Waals surface area contributed by atoms with Gasteiger partial charge in [0.15, 0.2) is 0 Å². The van der Waals surface area contributed by atoms with E-state index in [-0.39, 0.29) is 17.8 Å². The van der Waals surface area contributed by atoms with Gasteiger partial charge >= 0.3 is 0 Å². The van der Waals surface area contributed by atoms with Gasteiger partial charge in [0.05, 0.1) is 11.5 Å². The average Bonchev–Trinajstić information content (AvgIpc) is 2.79. The molecule has 24 heavy (non-hydrogen) atoms. The number of nitrogens with one attached hydrogen (secondary N) is 1. The fourth-order valence-corrected chi connectivity index (χ4v) is 2.63. The third kappa shape index (κ3) is 2.85. The van der Waals surface area contributed by atoms with Crippen LogP contribution in [0.5, 0.6) is 0 Å². The number of aliphatic hydroxyl groups is 2. The summed E-state index contributed by atoms with van der Waals surface area (Å²) in [5.74, 6) is -3.60. The van der Waals surface area contributed by atoms with Crippen LogP contribution in [-0.2, 0) is 11.3 Å². The number of hydrazine groups is 1. The molecule has 2 aromatic carbocycles.